The molecule has 0 radical (unpaired) electrons. The van der Waals surface area contributed by atoms with Gasteiger partial charge in [-0.1, -0.05) is 41.0 Å². The highest BCUT2D eigenvalue weighted by molar-refractivity contribution is 8.14. The molecule has 1 aromatic carbocycles. The van der Waals surface area contributed by atoms with Crippen molar-refractivity contribution in [2.24, 2.45) is 0 Å². The fourth-order valence-electron chi connectivity index (χ4n) is 2.09. The van der Waals surface area contributed by atoms with Crippen LogP contribution in [0.1, 0.15) is 18.9 Å². The van der Waals surface area contributed by atoms with Crippen LogP contribution in [-0.4, -0.2) is 22.8 Å². The van der Waals surface area contributed by atoms with Crippen LogP contribution in [0.2, 0.25) is 10.0 Å². The van der Waals surface area contributed by atoms with E-state index in [1.54, 1.807) is 11.0 Å². The summed E-state index contributed by atoms with van der Waals surface area (Å²) in [7, 11) is 0. The van der Waals surface area contributed by atoms with Crippen molar-refractivity contribution in [1.29, 1.82) is 0 Å². The van der Waals surface area contributed by atoms with Crippen molar-refractivity contribution in [3.8, 4) is 0 Å². The summed E-state index contributed by atoms with van der Waals surface area (Å²) in [5, 5.41) is 0.936. The molecule has 0 N–H and O–H groups in total. The number of anilines is 1. The monoisotopic (exact) mass is 317 g/mol. The molecule has 0 bridgehead atoms. The highest BCUT2D eigenvalue weighted by atomic mass is 35.5. The van der Waals surface area contributed by atoms with Crippen LogP contribution in [-0.2, 0) is 9.59 Å². The van der Waals surface area contributed by atoms with E-state index in [9.17, 15) is 9.59 Å². The zero-order valence-corrected chi connectivity index (χ0v) is 12.9. The van der Waals surface area contributed by atoms with Gasteiger partial charge in [-0.2, -0.15) is 0 Å². The summed E-state index contributed by atoms with van der Waals surface area (Å²) in [5.74, 6) is -0.0480. The molecule has 1 aromatic rings. The first-order valence-corrected chi connectivity index (χ1v) is 7.46. The number of hydrogen-bond acceptors (Lipinski definition) is 3. The molecule has 1 atom stereocenters. The maximum atomic E-state index is 12.1. The van der Waals surface area contributed by atoms with Gasteiger partial charge in [0.15, 0.2) is 5.12 Å². The third-order valence-electron chi connectivity index (χ3n) is 2.95. The standard InChI is InChI=1S/C13H13Cl2NO2S/c1-7-3-4-10(14)13(12(7)15)16-6-9(5-11(16)18)19-8(2)17/h3-4,9H,5-6H2,1-2H3. The number of halogens is 2. The van der Waals surface area contributed by atoms with Gasteiger partial charge < -0.3 is 4.90 Å². The number of thioether (sulfide) groups is 1. The first kappa shape index (κ1) is 14.7. The molecule has 1 fully saturated rings. The Bertz CT molecular complexity index is 548. The van der Waals surface area contributed by atoms with Crippen molar-refractivity contribution in [2.75, 3.05) is 11.4 Å². The van der Waals surface area contributed by atoms with Crippen LogP contribution in [0, 0.1) is 6.92 Å². The predicted octanol–water partition coefficient (Wildman–Crippen LogP) is 3.69. The second-order valence-corrected chi connectivity index (χ2v) is 6.73. The fraction of sp³-hybridized carbons (Fsp3) is 0.385. The molecule has 1 unspecified atom stereocenters. The Kier molecular flexibility index (Phi) is 4.43. The maximum absolute atomic E-state index is 12.1. The summed E-state index contributed by atoms with van der Waals surface area (Å²) in [6.07, 6.45) is 0.338. The van der Waals surface area contributed by atoms with E-state index in [-0.39, 0.29) is 16.3 Å². The van der Waals surface area contributed by atoms with E-state index >= 15 is 0 Å². The molecule has 1 amide bonds. The van der Waals surface area contributed by atoms with Crippen molar-refractivity contribution in [3.05, 3.63) is 27.7 Å². The van der Waals surface area contributed by atoms with Gasteiger partial charge in [-0.3, -0.25) is 9.59 Å². The first-order valence-electron chi connectivity index (χ1n) is 5.82. The van der Waals surface area contributed by atoms with E-state index in [0.717, 1.165) is 5.56 Å². The van der Waals surface area contributed by atoms with Gasteiger partial charge in [0.2, 0.25) is 5.91 Å². The third kappa shape index (κ3) is 3.07. The molecule has 102 valence electrons. The van der Waals surface area contributed by atoms with E-state index in [1.165, 1.54) is 18.7 Å². The summed E-state index contributed by atoms with van der Waals surface area (Å²) in [6, 6.07) is 3.55. The number of amides is 1. The van der Waals surface area contributed by atoms with Crippen molar-refractivity contribution >= 4 is 51.7 Å². The van der Waals surface area contributed by atoms with Crippen LogP contribution < -0.4 is 4.90 Å². The quantitative estimate of drug-likeness (QED) is 0.834. The Hall–Kier alpha value is -0.710. The average molecular weight is 318 g/mol. The maximum Gasteiger partial charge on any atom is 0.228 e. The summed E-state index contributed by atoms with van der Waals surface area (Å²) in [6.45, 7) is 3.83. The van der Waals surface area contributed by atoms with Crippen LogP contribution in [0.15, 0.2) is 12.1 Å². The SMILES string of the molecule is CC(=O)SC1CC(=O)N(c2c(Cl)ccc(C)c2Cl)C1. The van der Waals surface area contributed by atoms with Gasteiger partial charge in [-0.25, -0.2) is 0 Å². The van der Waals surface area contributed by atoms with Gasteiger partial charge in [0.1, 0.15) is 0 Å². The number of rotatable bonds is 2. The molecular weight excluding hydrogens is 305 g/mol. The number of aryl methyl sites for hydroxylation is 1. The largest absolute Gasteiger partial charge is 0.308 e. The topological polar surface area (TPSA) is 37.4 Å². The molecule has 0 aliphatic carbocycles. The Morgan fingerprint density at radius 3 is 2.74 bits per heavy atom. The lowest BCUT2D eigenvalue weighted by Crippen LogP contribution is -2.25. The normalized spacial score (nSPS) is 19.1. The highest BCUT2D eigenvalue weighted by Crippen LogP contribution is 2.39. The van der Waals surface area contributed by atoms with Crippen LogP contribution in [0.25, 0.3) is 0 Å². The zero-order valence-electron chi connectivity index (χ0n) is 10.6. The minimum absolute atomic E-state index is 0.0149. The molecule has 19 heavy (non-hydrogen) atoms. The van der Waals surface area contributed by atoms with Gasteiger partial charge in [-0.05, 0) is 18.6 Å². The van der Waals surface area contributed by atoms with Crippen molar-refractivity contribution < 1.29 is 9.59 Å². The Morgan fingerprint density at radius 2 is 2.11 bits per heavy atom. The van der Waals surface area contributed by atoms with Crippen LogP contribution in [0.4, 0.5) is 5.69 Å². The molecule has 3 nitrogen and oxygen atoms in total. The van der Waals surface area contributed by atoms with E-state index in [0.29, 0.717) is 28.7 Å². The summed E-state index contributed by atoms with van der Waals surface area (Å²) >= 11 is 13.6. The summed E-state index contributed by atoms with van der Waals surface area (Å²) in [4.78, 5) is 24.8. The minimum atomic E-state index is -0.0480. The zero-order chi connectivity index (χ0) is 14.2. The van der Waals surface area contributed by atoms with Crippen LogP contribution >= 0.6 is 35.0 Å². The lowest BCUT2D eigenvalue weighted by atomic mass is 10.2. The Morgan fingerprint density at radius 1 is 1.42 bits per heavy atom. The van der Waals surface area contributed by atoms with Crippen molar-refractivity contribution in [1.82, 2.24) is 0 Å². The van der Waals surface area contributed by atoms with Gasteiger partial charge in [0, 0.05) is 25.1 Å². The lowest BCUT2D eigenvalue weighted by Gasteiger charge is -2.20. The van der Waals surface area contributed by atoms with Gasteiger partial charge in [0.25, 0.3) is 0 Å². The summed E-state index contributed by atoms with van der Waals surface area (Å²) < 4.78 is 0. The molecule has 1 saturated heterocycles. The van der Waals surface area contributed by atoms with Gasteiger partial charge >= 0.3 is 0 Å². The van der Waals surface area contributed by atoms with Gasteiger partial charge in [-0.15, -0.1) is 0 Å². The number of benzene rings is 1. The molecule has 6 heteroatoms. The second-order valence-electron chi connectivity index (χ2n) is 4.47. The van der Waals surface area contributed by atoms with E-state index < -0.39 is 0 Å². The van der Waals surface area contributed by atoms with E-state index in [1.807, 2.05) is 13.0 Å². The Labute approximate surface area is 126 Å². The number of nitrogens with zero attached hydrogens (tertiary/aromatic N) is 1. The first-order chi connectivity index (χ1) is 8.90. The second kappa shape index (κ2) is 5.73. The van der Waals surface area contributed by atoms with Crippen LogP contribution in [0.5, 0.6) is 0 Å². The van der Waals surface area contributed by atoms with E-state index in [2.05, 4.69) is 0 Å². The molecular formula is C13H13Cl2NO2S. The lowest BCUT2D eigenvalue weighted by molar-refractivity contribution is -0.117. The highest BCUT2D eigenvalue weighted by Gasteiger charge is 2.34. The molecule has 2 rings (SSSR count). The smallest absolute Gasteiger partial charge is 0.228 e. The molecule has 1 aliphatic heterocycles. The predicted molar refractivity (Wildman–Crippen MR) is 80.2 cm³/mol. The average Bonchev–Trinajstić information content (AvgIpc) is 2.65. The van der Waals surface area contributed by atoms with Crippen LogP contribution in [0.3, 0.4) is 0 Å². The molecule has 0 saturated carbocycles. The third-order valence-corrected chi connectivity index (χ3v) is 4.72. The number of carbonyl (C=O) groups is 2. The minimum Gasteiger partial charge on any atom is -0.308 e. The van der Waals surface area contributed by atoms with E-state index in [4.69, 9.17) is 23.2 Å². The molecule has 1 aliphatic rings. The van der Waals surface area contributed by atoms with Crippen molar-refractivity contribution in [3.63, 3.8) is 0 Å². The molecule has 1 heterocycles. The summed E-state index contributed by atoms with van der Waals surface area (Å²) in [5.41, 5.74) is 1.43. The number of hydrogen-bond donors (Lipinski definition) is 0. The van der Waals surface area contributed by atoms with Gasteiger partial charge in [0.05, 0.1) is 15.7 Å². The van der Waals surface area contributed by atoms with Crippen molar-refractivity contribution in [2.45, 2.75) is 25.5 Å². The molecule has 0 aromatic heterocycles. The number of carbonyl (C=O) groups excluding carboxylic acids is 2. The fourth-order valence-corrected chi connectivity index (χ4v) is 3.59. The molecule has 0 spiro atoms. The Balaban J connectivity index is 2.31.